The maximum atomic E-state index is 4.74. The highest BCUT2D eigenvalue weighted by Gasteiger charge is 2.06. The number of likely N-dealkylation sites (N-methyl/N-ethyl adjacent to an activating group) is 1. The Bertz CT molecular complexity index is 552. The molecule has 2 heterocycles. The number of thiophene rings is 1. The minimum absolute atomic E-state index is 0.851. The number of thioether (sulfide) groups is 1. The predicted octanol–water partition coefficient (Wildman–Crippen LogP) is 3.83. The molecule has 4 nitrogen and oxygen atoms in total. The van der Waals surface area contributed by atoms with Crippen molar-refractivity contribution in [2.45, 2.75) is 24.1 Å². The molecular formula is C16H24N4S3. The molecule has 0 saturated carbocycles. The van der Waals surface area contributed by atoms with E-state index in [9.17, 15) is 0 Å². The highest BCUT2D eigenvalue weighted by molar-refractivity contribution is 8.00. The molecule has 0 bridgehead atoms. The van der Waals surface area contributed by atoms with Crippen molar-refractivity contribution in [2.24, 2.45) is 4.99 Å². The number of guanidine groups is 1. The maximum absolute atomic E-state index is 4.74. The van der Waals surface area contributed by atoms with Crippen molar-refractivity contribution in [2.75, 3.05) is 32.4 Å². The first-order valence-corrected chi connectivity index (χ1v) is 10.6. The van der Waals surface area contributed by atoms with Gasteiger partial charge in [0.25, 0.3) is 0 Å². The number of nitrogens with zero attached hydrogens (tertiary/aromatic N) is 3. The van der Waals surface area contributed by atoms with Gasteiger partial charge in [0.1, 0.15) is 4.34 Å². The lowest BCUT2D eigenvalue weighted by atomic mass is 10.3. The van der Waals surface area contributed by atoms with Crippen molar-refractivity contribution in [3.63, 3.8) is 0 Å². The minimum atomic E-state index is 0.851. The Morgan fingerprint density at radius 3 is 3.00 bits per heavy atom. The van der Waals surface area contributed by atoms with Gasteiger partial charge < -0.3 is 10.2 Å². The second-order valence-corrected chi connectivity index (χ2v) is 8.26. The molecule has 0 radical (unpaired) electrons. The molecule has 126 valence electrons. The zero-order valence-corrected chi connectivity index (χ0v) is 16.1. The molecule has 0 aliphatic heterocycles. The molecule has 0 fully saturated rings. The molecule has 2 aromatic heterocycles. The van der Waals surface area contributed by atoms with Crippen LogP contribution in [0.3, 0.4) is 0 Å². The fourth-order valence-electron chi connectivity index (χ4n) is 2.00. The summed E-state index contributed by atoms with van der Waals surface area (Å²) in [5.41, 5.74) is 0. The molecule has 0 unspecified atom stereocenters. The lowest BCUT2D eigenvalue weighted by Crippen LogP contribution is -2.40. The fourth-order valence-corrected chi connectivity index (χ4v) is 4.33. The predicted molar refractivity (Wildman–Crippen MR) is 104 cm³/mol. The average Bonchev–Trinajstić information content (AvgIpc) is 3.24. The van der Waals surface area contributed by atoms with Crippen LogP contribution in [0.1, 0.15) is 18.2 Å². The van der Waals surface area contributed by atoms with Crippen molar-refractivity contribution >= 4 is 40.4 Å². The van der Waals surface area contributed by atoms with E-state index in [-0.39, 0.29) is 0 Å². The molecule has 1 N–H and O–H groups in total. The van der Waals surface area contributed by atoms with Gasteiger partial charge in [0.2, 0.25) is 0 Å². The highest BCUT2D eigenvalue weighted by Crippen LogP contribution is 2.20. The first kappa shape index (κ1) is 18.3. The summed E-state index contributed by atoms with van der Waals surface area (Å²) in [6.07, 6.45) is 3.99. The van der Waals surface area contributed by atoms with Crippen LogP contribution in [0.25, 0.3) is 0 Å². The van der Waals surface area contributed by atoms with E-state index in [2.05, 4.69) is 46.7 Å². The molecule has 0 saturated heterocycles. The zero-order chi connectivity index (χ0) is 16.3. The lowest BCUT2D eigenvalue weighted by molar-refractivity contribution is 0.486. The third-order valence-corrected chi connectivity index (χ3v) is 6.16. The van der Waals surface area contributed by atoms with Crippen LogP contribution < -0.4 is 5.32 Å². The second kappa shape index (κ2) is 10.7. The van der Waals surface area contributed by atoms with Crippen molar-refractivity contribution in [1.82, 2.24) is 15.2 Å². The van der Waals surface area contributed by atoms with Gasteiger partial charge in [0.15, 0.2) is 5.96 Å². The normalized spacial score (nSPS) is 11.7. The van der Waals surface area contributed by atoms with Crippen LogP contribution in [0, 0.1) is 0 Å². The summed E-state index contributed by atoms with van der Waals surface area (Å²) in [6.45, 7) is 4.85. The van der Waals surface area contributed by atoms with Gasteiger partial charge in [0.05, 0.1) is 0 Å². The number of aliphatic imine (C=N–C) groups is 1. The molecule has 0 amide bonds. The number of hydrogen-bond acceptors (Lipinski definition) is 5. The Hall–Kier alpha value is -1.05. The molecule has 23 heavy (non-hydrogen) atoms. The Balaban J connectivity index is 1.71. The summed E-state index contributed by atoms with van der Waals surface area (Å²) in [5.74, 6) is 2.07. The monoisotopic (exact) mass is 368 g/mol. The summed E-state index contributed by atoms with van der Waals surface area (Å²) in [4.78, 5) is 12.7. The molecule has 0 atom stereocenters. The summed E-state index contributed by atoms with van der Waals surface area (Å²) in [6, 6.07) is 4.30. The van der Waals surface area contributed by atoms with Crippen LogP contribution in [0.2, 0.25) is 0 Å². The van der Waals surface area contributed by atoms with Crippen molar-refractivity contribution in [3.05, 3.63) is 34.0 Å². The Morgan fingerprint density at radius 2 is 2.30 bits per heavy atom. The van der Waals surface area contributed by atoms with Crippen LogP contribution in [0.4, 0.5) is 0 Å². The van der Waals surface area contributed by atoms with Gasteiger partial charge in [-0.3, -0.25) is 4.99 Å². The smallest absolute Gasteiger partial charge is 0.193 e. The maximum Gasteiger partial charge on any atom is 0.193 e. The van der Waals surface area contributed by atoms with E-state index >= 15 is 0 Å². The summed E-state index contributed by atoms with van der Waals surface area (Å²) < 4.78 is 1.15. The van der Waals surface area contributed by atoms with Crippen molar-refractivity contribution in [3.8, 4) is 0 Å². The van der Waals surface area contributed by atoms with E-state index < -0.39 is 0 Å². The first-order chi connectivity index (χ1) is 11.3. The van der Waals surface area contributed by atoms with E-state index in [1.54, 1.807) is 11.3 Å². The van der Waals surface area contributed by atoms with Crippen LogP contribution in [0.5, 0.6) is 0 Å². The molecule has 0 aliphatic rings. The third kappa shape index (κ3) is 6.93. The van der Waals surface area contributed by atoms with E-state index in [1.807, 2.05) is 34.7 Å². The van der Waals surface area contributed by atoms with Gasteiger partial charge in [-0.05, 0) is 31.2 Å². The molecule has 7 heteroatoms. The Morgan fingerprint density at radius 1 is 1.39 bits per heavy atom. The largest absolute Gasteiger partial charge is 0.357 e. The zero-order valence-electron chi connectivity index (χ0n) is 13.7. The minimum Gasteiger partial charge on any atom is -0.357 e. The van der Waals surface area contributed by atoms with E-state index in [0.717, 1.165) is 48.5 Å². The van der Waals surface area contributed by atoms with E-state index in [1.165, 1.54) is 4.88 Å². The van der Waals surface area contributed by atoms with Gasteiger partial charge in [-0.2, -0.15) is 0 Å². The van der Waals surface area contributed by atoms with Crippen molar-refractivity contribution < 1.29 is 0 Å². The van der Waals surface area contributed by atoms with Crippen LogP contribution in [-0.4, -0.2) is 48.3 Å². The quantitative estimate of drug-likeness (QED) is 0.316. The molecule has 0 aliphatic carbocycles. The summed E-state index contributed by atoms with van der Waals surface area (Å²) in [5, 5.41) is 7.53. The number of hydrogen-bond donors (Lipinski definition) is 1. The van der Waals surface area contributed by atoms with E-state index in [4.69, 9.17) is 4.99 Å². The van der Waals surface area contributed by atoms with Gasteiger partial charge in [0, 0.05) is 48.9 Å². The first-order valence-electron chi connectivity index (χ1n) is 7.83. The Labute approximate surface area is 151 Å². The molecule has 2 aromatic rings. The van der Waals surface area contributed by atoms with Crippen LogP contribution in [0.15, 0.2) is 38.4 Å². The van der Waals surface area contributed by atoms with Gasteiger partial charge in [-0.1, -0.05) is 17.8 Å². The number of rotatable bonds is 9. The highest BCUT2D eigenvalue weighted by atomic mass is 32.2. The van der Waals surface area contributed by atoms with Crippen LogP contribution >= 0.6 is 34.4 Å². The van der Waals surface area contributed by atoms with Crippen molar-refractivity contribution in [1.29, 1.82) is 0 Å². The number of aromatic nitrogens is 1. The fraction of sp³-hybridized carbons (Fsp3) is 0.500. The molecule has 0 spiro atoms. The number of nitrogens with one attached hydrogen (secondary N) is 1. The van der Waals surface area contributed by atoms with E-state index in [0.29, 0.717) is 0 Å². The molecule has 2 rings (SSSR count). The second-order valence-electron chi connectivity index (χ2n) is 4.99. The number of thiazole rings is 1. The van der Waals surface area contributed by atoms with Gasteiger partial charge in [-0.25, -0.2) is 4.98 Å². The Kier molecular flexibility index (Phi) is 8.49. The van der Waals surface area contributed by atoms with Gasteiger partial charge in [-0.15, -0.1) is 22.7 Å². The SMILES string of the molecule is CCNC(=NCCCSc1nccs1)N(C)CCc1cccs1. The molecule has 0 aromatic carbocycles. The standard InChI is InChI=1S/C16H24N4S3/c1-3-17-15(20(2)10-7-14-6-4-11-21-14)18-8-5-12-22-16-19-9-13-23-16/h4,6,9,11,13H,3,5,7-8,10,12H2,1-2H3,(H,17,18). The summed E-state index contributed by atoms with van der Waals surface area (Å²) >= 11 is 5.33. The van der Waals surface area contributed by atoms with Crippen LogP contribution in [-0.2, 0) is 6.42 Å². The molecular weight excluding hydrogens is 344 g/mol. The van der Waals surface area contributed by atoms with Gasteiger partial charge >= 0.3 is 0 Å². The summed E-state index contributed by atoms with van der Waals surface area (Å²) in [7, 11) is 2.11. The average molecular weight is 369 g/mol. The topological polar surface area (TPSA) is 40.5 Å². The lowest BCUT2D eigenvalue weighted by Gasteiger charge is -2.21. The third-order valence-electron chi connectivity index (χ3n) is 3.17.